The van der Waals surface area contributed by atoms with Crippen molar-refractivity contribution in [3.63, 3.8) is 0 Å². The van der Waals surface area contributed by atoms with Crippen LogP contribution in [0.25, 0.3) is 11.1 Å². The first-order valence-corrected chi connectivity index (χ1v) is 10.8. The Balaban J connectivity index is 1.80. The van der Waals surface area contributed by atoms with Crippen LogP contribution in [0.4, 0.5) is 0 Å². The molecule has 0 saturated heterocycles. The summed E-state index contributed by atoms with van der Waals surface area (Å²) >= 11 is 0. The van der Waals surface area contributed by atoms with Gasteiger partial charge in [0, 0.05) is 0 Å². The molecule has 0 radical (unpaired) electrons. The van der Waals surface area contributed by atoms with E-state index in [0.717, 1.165) is 6.42 Å². The van der Waals surface area contributed by atoms with Gasteiger partial charge in [0.25, 0.3) is 0 Å². The Morgan fingerprint density at radius 1 is 0.655 bits per heavy atom. The van der Waals surface area contributed by atoms with Gasteiger partial charge >= 0.3 is 0 Å². The van der Waals surface area contributed by atoms with Crippen LogP contribution in [-0.4, -0.2) is 0 Å². The molecule has 0 heterocycles. The largest absolute Gasteiger partial charge is 0.0619 e. The highest BCUT2D eigenvalue weighted by Crippen LogP contribution is 2.61. The van der Waals surface area contributed by atoms with Gasteiger partial charge in [-0.1, -0.05) is 114 Å². The number of hydrogen-bond acceptors (Lipinski definition) is 0. The Kier molecular flexibility index (Phi) is 4.53. The van der Waals surface area contributed by atoms with Crippen LogP contribution < -0.4 is 0 Å². The van der Waals surface area contributed by atoms with Gasteiger partial charge < -0.3 is 0 Å². The normalized spacial score (nSPS) is 18.4. The monoisotopic (exact) mass is 382 g/mol. The van der Waals surface area contributed by atoms with Gasteiger partial charge in [-0.2, -0.15) is 0 Å². The molecule has 29 heavy (non-hydrogen) atoms. The lowest BCUT2D eigenvalue weighted by atomic mass is 9.59. The van der Waals surface area contributed by atoms with Crippen molar-refractivity contribution in [2.45, 2.75) is 65.7 Å². The van der Waals surface area contributed by atoms with Crippen LogP contribution in [0.3, 0.4) is 0 Å². The molecule has 1 aliphatic carbocycles. The van der Waals surface area contributed by atoms with Gasteiger partial charge in [-0.3, -0.25) is 0 Å². The molecule has 0 spiro atoms. The number of fused-ring (bicyclic) bond motifs is 1. The fourth-order valence-corrected chi connectivity index (χ4v) is 5.11. The van der Waals surface area contributed by atoms with Gasteiger partial charge in [0.2, 0.25) is 0 Å². The Labute approximate surface area is 177 Å². The predicted octanol–water partition coefficient (Wildman–Crippen LogP) is 7.85. The highest BCUT2D eigenvalue weighted by atomic mass is 14.6. The summed E-state index contributed by atoms with van der Waals surface area (Å²) in [5, 5.41) is 0. The zero-order chi connectivity index (χ0) is 21.0. The van der Waals surface area contributed by atoms with Crippen LogP contribution >= 0.6 is 0 Å². The number of hydrogen-bond donors (Lipinski definition) is 0. The van der Waals surface area contributed by atoms with Crippen molar-refractivity contribution >= 4 is 0 Å². The van der Waals surface area contributed by atoms with E-state index in [4.69, 9.17) is 0 Å². The fourth-order valence-electron chi connectivity index (χ4n) is 5.11. The SMILES string of the molecule is Cc1ccc(Cc2ccccc2-c2ccc3c(c2)C(C)(C)C(C)(C)C3(C)C)cc1. The van der Waals surface area contributed by atoms with Crippen molar-refractivity contribution < 1.29 is 0 Å². The molecule has 0 amide bonds. The molecule has 0 fully saturated rings. The van der Waals surface area contributed by atoms with Crippen molar-refractivity contribution in [2.75, 3.05) is 0 Å². The standard InChI is InChI=1S/C29H34/c1-20-12-14-21(15-13-20)18-22-10-8-9-11-24(22)23-16-17-25-26(19-23)28(4,5)29(6,7)27(25,2)3/h8-17,19H,18H2,1-7H3. The van der Waals surface area contributed by atoms with E-state index < -0.39 is 0 Å². The maximum Gasteiger partial charge on any atom is -0.00196 e. The molecule has 1 aliphatic rings. The summed E-state index contributed by atoms with van der Waals surface area (Å²) in [5.41, 5.74) is 10.3. The molecule has 0 heteroatoms. The van der Waals surface area contributed by atoms with Crippen LogP contribution in [0.2, 0.25) is 0 Å². The topological polar surface area (TPSA) is 0 Å². The van der Waals surface area contributed by atoms with Crippen LogP contribution in [0.5, 0.6) is 0 Å². The molecule has 0 aromatic heterocycles. The van der Waals surface area contributed by atoms with Crippen LogP contribution in [0.1, 0.15) is 69.4 Å². The third kappa shape index (κ3) is 2.96. The maximum absolute atomic E-state index is 2.47. The van der Waals surface area contributed by atoms with Gasteiger partial charge in [-0.25, -0.2) is 0 Å². The molecule has 0 aliphatic heterocycles. The fraction of sp³-hybridized carbons (Fsp3) is 0.379. The summed E-state index contributed by atoms with van der Waals surface area (Å²) < 4.78 is 0. The lowest BCUT2D eigenvalue weighted by Gasteiger charge is -2.44. The molecule has 0 N–H and O–H groups in total. The molecule has 4 rings (SSSR count). The molecule has 0 atom stereocenters. The van der Waals surface area contributed by atoms with Crippen molar-refractivity contribution in [1.82, 2.24) is 0 Å². The summed E-state index contributed by atoms with van der Waals surface area (Å²) in [6.07, 6.45) is 0.966. The van der Waals surface area contributed by atoms with E-state index in [1.165, 1.54) is 38.9 Å². The van der Waals surface area contributed by atoms with Crippen molar-refractivity contribution in [2.24, 2.45) is 5.41 Å². The lowest BCUT2D eigenvalue weighted by Crippen LogP contribution is -2.42. The van der Waals surface area contributed by atoms with E-state index in [-0.39, 0.29) is 16.2 Å². The van der Waals surface area contributed by atoms with Gasteiger partial charge in [0.05, 0.1) is 0 Å². The second kappa shape index (κ2) is 6.59. The third-order valence-electron chi connectivity index (χ3n) is 8.33. The van der Waals surface area contributed by atoms with E-state index in [1.807, 2.05) is 0 Å². The Bertz CT molecular complexity index is 1050. The molecule has 3 aromatic carbocycles. The van der Waals surface area contributed by atoms with Crippen LogP contribution in [0.15, 0.2) is 66.7 Å². The van der Waals surface area contributed by atoms with E-state index in [2.05, 4.69) is 115 Å². The molecule has 0 bridgehead atoms. The molecule has 150 valence electrons. The molecule has 0 unspecified atom stereocenters. The zero-order valence-corrected chi connectivity index (χ0v) is 19.1. The van der Waals surface area contributed by atoms with Crippen molar-refractivity contribution in [3.8, 4) is 11.1 Å². The first-order chi connectivity index (χ1) is 13.6. The Hall–Kier alpha value is -2.34. The quantitative estimate of drug-likeness (QED) is 0.432. The molecule has 0 saturated carbocycles. The zero-order valence-electron chi connectivity index (χ0n) is 19.1. The summed E-state index contributed by atoms with van der Waals surface area (Å²) in [4.78, 5) is 0. The van der Waals surface area contributed by atoms with E-state index in [0.29, 0.717) is 0 Å². The summed E-state index contributed by atoms with van der Waals surface area (Å²) in [5.74, 6) is 0. The first-order valence-electron chi connectivity index (χ1n) is 10.8. The molecular formula is C29H34. The van der Waals surface area contributed by atoms with E-state index >= 15 is 0 Å². The Morgan fingerprint density at radius 2 is 1.28 bits per heavy atom. The van der Waals surface area contributed by atoms with Gasteiger partial charge in [-0.05, 0) is 63.0 Å². The van der Waals surface area contributed by atoms with Gasteiger partial charge in [-0.15, -0.1) is 0 Å². The van der Waals surface area contributed by atoms with Crippen LogP contribution in [-0.2, 0) is 17.3 Å². The second-order valence-corrected chi connectivity index (χ2v) is 10.5. The summed E-state index contributed by atoms with van der Waals surface area (Å²) in [6, 6.07) is 25.0. The highest BCUT2D eigenvalue weighted by Gasteiger charge is 2.56. The second-order valence-electron chi connectivity index (χ2n) is 10.5. The lowest BCUT2D eigenvalue weighted by molar-refractivity contribution is 0.125. The first kappa shape index (κ1) is 20.0. The smallest absolute Gasteiger partial charge is 0.00196 e. The molecule has 3 aromatic rings. The number of rotatable bonds is 3. The molecule has 0 nitrogen and oxygen atoms in total. The minimum absolute atomic E-state index is 0.133. The number of benzene rings is 3. The van der Waals surface area contributed by atoms with E-state index in [1.54, 1.807) is 0 Å². The minimum atomic E-state index is 0.133. The van der Waals surface area contributed by atoms with Gasteiger partial charge in [0.15, 0.2) is 0 Å². The summed E-state index contributed by atoms with van der Waals surface area (Å²) in [6.45, 7) is 16.7. The van der Waals surface area contributed by atoms with Gasteiger partial charge in [0.1, 0.15) is 0 Å². The maximum atomic E-state index is 2.47. The summed E-state index contributed by atoms with van der Waals surface area (Å²) in [7, 11) is 0. The predicted molar refractivity (Wildman–Crippen MR) is 126 cm³/mol. The Morgan fingerprint density at radius 3 is 1.97 bits per heavy atom. The van der Waals surface area contributed by atoms with Crippen molar-refractivity contribution in [1.29, 1.82) is 0 Å². The average Bonchev–Trinajstić information content (AvgIpc) is 2.79. The third-order valence-corrected chi connectivity index (χ3v) is 8.33. The average molecular weight is 383 g/mol. The highest BCUT2D eigenvalue weighted by molar-refractivity contribution is 5.71. The van der Waals surface area contributed by atoms with Crippen molar-refractivity contribution in [3.05, 3.63) is 94.5 Å². The minimum Gasteiger partial charge on any atom is -0.0619 e. The van der Waals surface area contributed by atoms with Crippen LogP contribution in [0, 0.1) is 12.3 Å². The molecular weight excluding hydrogens is 348 g/mol. The van der Waals surface area contributed by atoms with E-state index in [9.17, 15) is 0 Å². The number of aryl methyl sites for hydroxylation is 1.